The smallest absolute Gasteiger partial charge is 0.436 e. The number of halogens is 2. The van der Waals surface area contributed by atoms with Crippen LogP contribution in [0.3, 0.4) is 0 Å². The van der Waals surface area contributed by atoms with E-state index in [0.29, 0.717) is 5.56 Å². The van der Waals surface area contributed by atoms with E-state index in [-0.39, 0.29) is 29.4 Å². The molecule has 0 atom stereocenters. The summed E-state index contributed by atoms with van der Waals surface area (Å²) in [5.41, 5.74) is 12.4. The van der Waals surface area contributed by atoms with Crippen molar-refractivity contribution in [3.8, 4) is 22.8 Å². The lowest BCUT2D eigenvalue weighted by Gasteiger charge is -2.08. The van der Waals surface area contributed by atoms with Crippen molar-refractivity contribution in [1.29, 1.82) is 0 Å². The average molecular weight is 464 g/mol. The lowest BCUT2D eigenvalue weighted by atomic mass is 10.1. The molecule has 0 saturated carbocycles. The number of para-hydroxylation sites is 1. The standard InChI is InChI=1S/C24H18F2N4O4/c25-17-7-4-8-18(26)21(17)34-16-11-9-15(10-12-16)20-19(23(28)31)22(27)30(29-20)24(32)33-13-14-5-2-1-3-6-14/h1-12H,13,27H2,(H2,28,31). The summed E-state index contributed by atoms with van der Waals surface area (Å²) in [6.07, 6.45) is -0.898. The molecule has 0 saturated heterocycles. The minimum absolute atomic E-state index is 0.0289. The number of hydrogen-bond acceptors (Lipinski definition) is 6. The van der Waals surface area contributed by atoms with Crippen molar-refractivity contribution in [1.82, 2.24) is 9.78 Å². The van der Waals surface area contributed by atoms with Gasteiger partial charge in [-0.2, -0.15) is 5.10 Å². The maximum absolute atomic E-state index is 13.8. The van der Waals surface area contributed by atoms with Gasteiger partial charge in [-0.25, -0.2) is 13.6 Å². The van der Waals surface area contributed by atoms with Crippen LogP contribution in [0.4, 0.5) is 19.4 Å². The third kappa shape index (κ3) is 4.56. The molecule has 0 aliphatic rings. The molecule has 0 radical (unpaired) electrons. The van der Waals surface area contributed by atoms with E-state index in [1.54, 1.807) is 24.3 Å². The van der Waals surface area contributed by atoms with Gasteiger partial charge in [0.25, 0.3) is 5.91 Å². The molecule has 4 aromatic rings. The lowest BCUT2D eigenvalue weighted by Crippen LogP contribution is -2.19. The summed E-state index contributed by atoms with van der Waals surface area (Å²) < 4.78 is 38.9. The second-order valence-electron chi connectivity index (χ2n) is 7.10. The van der Waals surface area contributed by atoms with Gasteiger partial charge in [0.2, 0.25) is 0 Å². The molecule has 1 amide bonds. The number of nitrogens with zero attached hydrogens (tertiary/aromatic N) is 2. The number of amides is 1. The van der Waals surface area contributed by atoms with E-state index >= 15 is 0 Å². The fourth-order valence-electron chi connectivity index (χ4n) is 3.17. The highest BCUT2D eigenvalue weighted by Crippen LogP contribution is 2.31. The number of nitrogens with two attached hydrogens (primary N) is 2. The molecule has 3 aromatic carbocycles. The summed E-state index contributed by atoms with van der Waals surface area (Å²) in [5, 5.41) is 4.11. The summed E-state index contributed by atoms with van der Waals surface area (Å²) >= 11 is 0. The summed E-state index contributed by atoms with van der Waals surface area (Å²) in [5.74, 6) is -3.33. The van der Waals surface area contributed by atoms with Gasteiger partial charge in [-0.1, -0.05) is 36.4 Å². The number of primary amides is 1. The average Bonchev–Trinajstić information content (AvgIpc) is 3.18. The first-order chi connectivity index (χ1) is 16.3. The Kier molecular flexibility index (Phi) is 6.22. The maximum atomic E-state index is 13.8. The van der Waals surface area contributed by atoms with Crippen LogP contribution < -0.4 is 16.2 Å². The van der Waals surface area contributed by atoms with E-state index in [1.165, 1.54) is 30.3 Å². The van der Waals surface area contributed by atoms with Gasteiger partial charge in [-0.05, 0) is 42.0 Å². The third-order valence-electron chi connectivity index (χ3n) is 4.81. The van der Waals surface area contributed by atoms with Crippen molar-refractivity contribution in [3.05, 3.63) is 95.6 Å². The first-order valence-corrected chi connectivity index (χ1v) is 9.97. The van der Waals surface area contributed by atoms with Crippen molar-refractivity contribution in [2.75, 3.05) is 5.73 Å². The van der Waals surface area contributed by atoms with Crippen LogP contribution >= 0.6 is 0 Å². The Balaban J connectivity index is 1.60. The van der Waals surface area contributed by atoms with Crippen LogP contribution in [-0.4, -0.2) is 21.8 Å². The van der Waals surface area contributed by atoms with E-state index < -0.39 is 29.4 Å². The molecule has 1 aromatic heterocycles. The van der Waals surface area contributed by atoms with E-state index in [9.17, 15) is 18.4 Å². The second kappa shape index (κ2) is 9.41. The normalized spacial score (nSPS) is 10.6. The van der Waals surface area contributed by atoms with Gasteiger partial charge in [0.15, 0.2) is 17.4 Å². The minimum Gasteiger partial charge on any atom is -0.451 e. The molecule has 10 heteroatoms. The van der Waals surface area contributed by atoms with Crippen molar-refractivity contribution in [3.63, 3.8) is 0 Å². The van der Waals surface area contributed by atoms with Gasteiger partial charge in [-0.3, -0.25) is 4.79 Å². The molecule has 8 nitrogen and oxygen atoms in total. The fraction of sp³-hybridized carbons (Fsp3) is 0.0417. The first kappa shape index (κ1) is 22.5. The largest absolute Gasteiger partial charge is 0.451 e. The molecule has 4 N–H and O–H groups in total. The zero-order valence-corrected chi connectivity index (χ0v) is 17.6. The van der Waals surface area contributed by atoms with Gasteiger partial charge in [-0.15, -0.1) is 4.68 Å². The molecule has 4 rings (SSSR count). The number of carbonyl (C=O) groups is 2. The first-order valence-electron chi connectivity index (χ1n) is 9.97. The highest BCUT2D eigenvalue weighted by atomic mass is 19.1. The van der Waals surface area contributed by atoms with Crippen LogP contribution in [0.25, 0.3) is 11.3 Å². The summed E-state index contributed by atoms with van der Waals surface area (Å²) in [6.45, 7) is -0.0289. The lowest BCUT2D eigenvalue weighted by molar-refractivity contribution is 0.100. The number of benzene rings is 3. The van der Waals surface area contributed by atoms with Gasteiger partial charge in [0, 0.05) is 5.56 Å². The molecule has 0 unspecified atom stereocenters. The van der Waals surface area contributed by atoms with Crippen molar-refractivity contribution < 1.29 is 27.8 Å². The van der Waals surface area contributed by atoms with Gasteiger partial charge >= 0.3 is 6.09 Å². The Bertz CT molecular complexity index is 1340. The minimum atomic E-state index is -0.900. The highest BCUT2D eigenvalue weighted by Gasteiger charge is 2.25. The van der Waals surface area contributed by atoms with Crippen molar-refractivity contribution >= 4 is 17.8 Å². The van der Waals surface area contributed by atoms with Crippen LogP contribution in [0.5, 0.6) is 11.5 Å². The summed E-state index contributed by atoms with van der Waals surface area (Å²) in [7, 11) is 0. The molecule has 0 aliphatic carbocycles. The van der Waals surface area contributed by atoms with Gasteiger partial charge < -0.3 is 20.9 Å². The Morgan fingerprint density at radius 2 is 1.56 bits per heavy atom. The van der Waals surface area contributed by atoms with Crippen LogP contribution in [0, 0.1) is 11.6 Å². The fourth-order valence-corrected chi connectivity index (χ4v) is 3.17. The molecule has 0 bridgehead atoms. The molecule has 1 heterocycles. The number of hydrogen-bond donors (Lipinski definition) is 2. The Morgan fingerprint density at radius 3 is 2.18 bits per heavy atom. The predicted molar refractivity (Wildman–Crippen MR) is 119 cm³/mol. The third-order valence-corrected chi connectivity index (χ3v) is 4.81. The Labute approximate surface area is 192 Å². The number of aromatic nitrogens is 2. The summed E-state index contributed by atoms with van der Waals surface area (Å²) in [6, 6.07) is 18.1. The number of nitrogen functional groups attached to an aromatic ring is 1. The van der Waals surface area contributed by atoms with Gasteiger partial charge in [0.05, 0.1) is 0 Å². The quantitative estimate of drug-likeness (QED) is 0.434. The SMILES string of the molecule is NC(=O)c1c(-c2ccc(Oc3c(F)cccc3F)cc2)nn(C(=O)OCc2ccccc2)c1N. The molecular weight excluding hydrogens is 446 g/mol. The number of carbonyl (C=O) groups excluding carboxylic acids is 2. The second-order valence-corrected chi connectivity index (χ2v) is 7.10. The monoisotopic (exact) mass is 464 g/mol. The van der Waals surface area contributed by atoms with Gasteiger partial charge in [0.1, 0.15) is 29.4 Å². The van der Waals surface area contributed by atoms with E-state index in [0.717, 1.165) is 22.4 Å². The van der Waals surface area contributed by atoms with Crippen molar-refractivity contribution in [2.24, 2.45) is 5.73 Å². The topological polar surface area (TPSA) is 122 Å². The highest BCUT2D eigenvalue weighted by molar-refractivity contribution is 6.04. The Hall–Kier alpha value is -4.73. The zero-order valence-electron chi connectivity index (χ0n) is 17.6. The number of ether oxygens (including phenoxy) is 2. The zero-order chi connectivity index (χ0) is 24.2. The summed E-state index contributed by atoms with van der Waals surface area (Å²) in [4.78, 5) is 24.6. The molecule has 0 fully saturated rings. The molecule has 34 heavy (non-hydrogen) atoms. The van der Waals surface area contributed by atoms with Crippen LogP contribution in [0.2, 0.25) is 0 Å². The number of anilines is 1. The molecule has 0 aliphatic heterocycles. The predicted octanol–water partition coefficient (Wildman–Crippen LogP) is 4.49. The maximum Gasteiger partial charge on any atom is 0.436 e. The number of rotatable bonds is 6. The molecule has 172 valence electrons. The molecule has 0 spiro atoms. The van der Waals surface area contributed by atoms with E-state index in [4.69, 9.17) is 20.9 Å². The van der Waals surface area contributed by atoms with Crippen LogP contribution in [0.1, 0.15) is 15.9 Å². The van der Waals surface area contributed by atoms with Crippen LogP contribution in [-0.2, 0) is 11.3 Å². The van der Waals surface area contributed by atoms with Crippen LogP contribution in [0.15, 0.2) is 72.8 Å². The molecular formula is C24H18F2N4O4. The van der Waals surface area contributed by atoms with E-state index in [2.05, 4.69) is 5.10 Å². The van der Waals surface area contributed by atoms with Crippen molar-refractivity contribution in [2.45, 2.75) is 6.61 Å². The Morgan fingerprint density at radius 1 is 0.912 bits per heavy atom. The van der Waals surface area contributed by atoms with E-state index in [1.807, 2.05) is 6.07 Å².